The highest BCUT2D eigenvalue weighted by molar-refractivity contribution is 6.23. The normalized spacial score (nSPS) is 15.2. The molecule has 0 saturated carbocycles. The molecular formula is C16H16F3N3O2. The van der Waals surface area contributed by atoms with Crippen LogP contribution in [0.3, 0.4) is 0 Å². The third-order valence-electron chi connectivity index (χ3n) is 3.02. The number of alkyl halides is 1. The van der Waals surface area contributed by atoms with Crippen LogP contribution in [-0.4, -0.2) is 29.1 Å². The third-order valence-corrected chi connectivity index (χ3v) is 3.02. The summed E-state index contributed by atoms with van der Waals surface area (Å²) in [5.41, 5.74) is -0.506. The number of carbonyl (C=O) groups excluding carboxylic acids is 2. The average Bonchev–Trinajstić information content (AvgIpc) is 2.61. The van der Waals surface area contributed by atoms with Crippen LogP contribution in [0.5, 0.6) is 0 Å². The largest absolute Gasteiger partial charge is 0.323 e. The van der Waals surface area contributed by atoms with E-state index in [1.807, 2.05) is 13.8 Å². The Kier molecular flexibility index (Phi) is 7.03. The molecule has 128 valence electrons. The Morgan fingerprint density at radius 1 is 1.04 bits per heavy atom. The number of benzene rings is 1. The van der Waals surface area contributed by atoms with E-state index < -0.39 is 34.8 Å². The van der Waals surface area contributed by atoms with Crippen molar-refractivity contribution in [1.29, 1.82) is 0 Å². The summed E-state index contributed by atoms with van der Waals surface area (Å²) in [6.07, 6.45) is 1.30. The van der Waals surface area contributed by atoms with Gasteiger partial charge in [-0.05, 0) is 18.2 Å². The molecule has 1 aliphatic heterocycles. The van der Waals surface area contributed by atoms with Gasteiger partial charge >= 0.3 is 0 Å². The van der Waals surface area contributed by atoms with Crippen molar-refractivity contribution < 1.29 is 22.8 Å². The summed E-state index contributed by atoms with van der Waals surface area (Å²) in [4.78, 5) is 24.2. The van der Waals surface area contributed by atoms with Crippen molar-refractivity contribution >= 4 is 17.4 Å². The lowest BCUT2D eigenvalue weighted by Gasteiger charge is -2.22. The molecule has 0 aliphatic carbocycles. The number of halogens is 3. The fourth-order valence-corrected chi connectivity index (χ4v) is 2.12. The maximum Gasteiger partial charge on any atom is 0.240 e. The van der Waals surface area contributed by atoms with Crippen LogP contribution >= 0.6 is 0 Å². The van der Waals surface area contributed by atoms with Gasteiger partial charge in [-0.25, -0.2) is 8.78 Å². The summed E-state index contributed by atoms with van der Waals surface area (Å²) in [7, 11) is 0.500. The van der Waals surface area contributed by atoms with Gasteiger partial charge in [-0.3, -0.25) is 14.0 Å². The number of carbonyl (C=O) groups is 2. The van der Waals surface area contributed by atoms with Crippen LogP contribution in [0.1, 0.15) is 35.8 Å². The summed E-state index contributed by atoms with van der Waals surface area (Å²) in [5.74, 6) is -5.07. The van der Waals surface area contributed by atoms with Gasteiger partial charge in [-0.15, -0.1) is 5.10 Å². The van der Waals surface area contributed by atoms with Gasteiger partial charge in [-0.2, -0.15) is 5.10 Å². The molecule has 5 nitrogen and oxygen atoms in total. The van der Waals surface area contributed by atoms with Crippen LogP contribution in [0, 0.1) is 11.6 Å². The van der Waals surface area contributed by atoms with E-state index in [4.69, 9.17) is 0 Å². The Labute approximate surface area is 136 Å². The maximum atomic E-state index is 13.7. The average molecular weight is 339 g/mol. The van der Waals surface area contributed by atoms with Crippen molar-refractivity contribution in [3.8, 4) is 0 Å². The van der Waals surface area contributed by atoms with Crippen molar-refractivity contribution in [3.05, 3.63) is 53.4 Å². The number of nitrogens with zero attached hydrogens (tertiary/aromatic N) is 2. The molecule has 2 aromatic rings. The highest BCUT2D eigenvalue weighted by Gasteiger charge is 2.39. The lowest BCUT2D eigenvalue weighted by molar-refractivity contribution is -0.116. The Morgan fingerprint density at radius 3 is 2.21 bits per heavy atom. The van der Waals surface area contributed by atoms with Gasteiger partial charge in [0.25, 0.3) is 0 Å². The Morgan fingerprint density at radius 2 is 1.62 bits per heavy atom. The fraction of sp³-hybridized carbons (Fsp3) is 0.250. The van der Waals surface area contributed by atoms with E-state index in [2.05, 4.69) is 15.5 Å². The summed E-state index contributed by atoms with van der Waals surface area (Å²) in [5, 5.41) is 9.55. The third kappa shape index (κ3) is 3.58. The number of hydrogen-bond acceptors (Lipinski definition) is 4. The van der Waals surface area contributed by atoms with Crippen LogP contribution in [0.25, 0.3) is 0 Å². The number of aromatic nitrogens is 2. The van der Waals surface area contributed by atoms with E-state index in [1.54, 1.807) is 0 Å². The molecule has 1 N–H and O–H groups in total. The monoisotopic (exact) mass is 339 g/mol. The first-order valence-electron chi connectivity index (χ1n) is 7.08. The molecule has 0 bridgehead atoms. The number of anilines is 1. The minimum absolute atomic E-state index is 0.111. The van der Waals surface area contributed by atoms with Gasteiger partial charge in [0.15, 0.2) is 5.69 Å². The van der Waals surface area contributed by atoms with Crippen LogP contribution < -0.4 is 5.32 Å². The predicted octanol–water partition coefficient (Wildman–Crippen LogP) is 3.29. The second-order valence-corrected chi connectivity index (χ2v) is 4.22. The van der Waals surface area contributed by atoms with E-state index in [0.717, 1.165) is 18.2 Å². The van der Waals surface area contributed by atoms with E-state index in [9.17, 15) is 22.8 Å². The zero-order valence-corrected chi connectivity index (χ0v) is 13.3. The molecule has 1 aliphatic rings. The summed E-state index contributed by atoms with van der Waals surface area (Å²) in [6, 6.07) is 4.54. The first kappa shape index (κ1) is 19.3. The standard InChI is InChI=1S/C13H7F2N3O2.C2H6.CH3F/c14-6-2-1-3-7(15)9(6)10-12(19)11-8(17-13(10)20)4-5-16-18-11;2*1-2/h1-5,10H,(H,17,20);1-2H3;1H3. The molecule has 0 spiro atoms. The molecule has 3 rings (SSSR count). The first-order valence-corrected chi connectivity index (χ1v) is 7.08. The maximum absolute atomic E-state index is 13.7. The number of fused-ring (bicyclic) bond motifs is 1. The number of ketones is 1. The summed E-state index contributed by atoms with van der Waals surface area (Å²) < 4.78 is 37.0. The molecule has 1 atom stereocenters. The molecule has 2 heterocycles. The number of rotatable bonds is 1. The lowest BCUT2D eigenvalue weighted by atomic mass is 9.88. The van der Waals surface area contributed by atoms with Crippen molar-refractivity contribution in [3.63, 3.8) is 0 Å². The Hall–Kier alpha value is -2.77. The Balaban J connectivity index is 0.000000671. The van der Waals surface area contributed by atoms with Crippen LogP contribution in [0.15, 0.2) is 30.5 Å². The molecule has 1 aromatic carbocycles. The number of Topliss-reactive ketones (excluding diaryl/α,β-unsaturated/α-hetero) is 1. The van der Waals surface area contributed by atoms with E-state index in [-0.39, 0.29) is 11.4 Å². The van der Waals surface area contributed by atoms with Crippen molar-refractivity contribution in [2.75, 3.05) is 12.5 Å². The van der Waals surface area contributed by atoms with Crippen molar-refractivity contribution in [2.24, 2.45) is 0 Å². The van der Waals surface area contributed by atoms with Crippen molar-refractivity contribution in [2.45, 2.75) is 19.8 Å². The molecule has 1 aromatic heterocycles. The van der Waals surface area contributed by atoms with E-state index >= 15 is 0 Å². The molecule has 8 heteroatoms. The first-order chi connectivity index (χ1) is 11.6. The van der Waals surface area contributed by atoms with Gasteiger partial charge in [0.05, 0.1) is 19.1 Å². The molecule has 0 saturated heterocycles. The van der Waals surface area contributed by atoms with Crippen LogP contribution in [0.4, 0.5) is 18.9 Å². The lowest BCUT2D eigenvalue weighted by Crippen LogP contribution is -2.35. The smallest absolute Gasteiger partial charge is 0.240 e. The van der Waals surface area contributed by atoms with Crippen LogP contribution in [0.2, 0.25) is 0 Å². The molecule has 1 unspecified atom stereocenters. The summed E-state index contributed by atoms with van der Waals surface area (Å²) in [6.45, 7) is 4.00. The molecular weight excluding hydrogens is 323 g/mol. The fourth-order valence-electron chi connectivity index (χ4n) is 2.12. The highest BCUT2D eigenvalue weighted by atomic mass is 19.1. The predicted molar refractivity (Wildman–Crippen MR) is 82.5 cm³/mol. The number of amides is 1. The highest BCUT2D eigenvalue weighted by Crippen LogP contribution is 2.32. The van der Waals surface area contributed by atoms with Crippen molar-refractivity contribution in [1.82, 2.24) is 10.2 Å². The van der Waals surface area contributed by atoms with Gasteiger partial charge in [-0.1, -0.05) is 19.9 Å². The van der Waals surface area contributed by atoms with E-state index in [1.165, 1.54) is 12.3 Å². The quantitative estimate of drug-likeness (QED) is 0.809. The zero-order valence-electron chi connectivity index (χ0n) is 13.3. The second kappa shape index (κ2) is 8.76. The molecule has 0 fully saturated rings. The van der Waals surface area contributed by atoms with Crippen LogP contribution in [-0.2, 0) is 4.79 Å². The van der Waals surface area contributed by atoms with E-state index in [0.29, 0.717) is 7.18 Å². The zero-order chi connectivity index (χ0) is 18.3. The molecule has 24 heavy (non-hydrogen) atoms. The summed E-state index contributed by atoms with van der Waals surface area (Å²) >= 11 is 0. The molecule has 1 amide bonds. The SMILES string of the molecule is CC.CF.O=C1Nc2ccnnc2C(=O)C1c1c(F)cccc1F. The second-order valence-electron chi connectivity index (χ2n) is 4.22. The number of nitrogens with one attached hydrogen (secondary N) is 1. The minimum atomic E-state index is -1.60. The number of hydrogen-bond donors (Lipinski definition) is 1. The van der Waals surface area contributed by atoms with Gasteiger partial charge in [0.1, 0.15) is 17.6 Å². The van der Waals surface area contributed by atoms with Gasteiger partial charge < -0.3 is 5.32 Å². The van der Waals surface area contributed by atoms with Gasteiger partial charge in [0.2, 0.25) is 11.7 Å². The van der Waals surface area contributed by atoms with Gasteiger partial charge in [0, 0.05) is 5.56 Å². The minimum Gasteiger partial charge on any atom is -0.323 e. The topological polar surface area (TPSA) is 72.0 Å². The Bertz CT molecular complexity index is 718. The molecule has 0 radical (unpaired) electrons.